The number of fused-ring (bicyclic) bond motifs is 1. The van der Waals surface area contributed by atoms with Crippen LogP contribution < -0.4 is 10.8 Å². The van der Waals surface area contributed by atoms with Gasteiger partial charge in [-0.25, -0.2) is 5.48 Å². The number of carbonyl (C=O) groups is 2. The number of furan rings is 1. The number of hydrogen-bond acceptors (Lipinski definition) is 4. The third-order valence-corrected chi connectivity index (χ3v) is 4.35. The summed E-state index contributed by atoms with van der Waals surface area (Å²) in [6.45, 7) is 0.547. The van der Waals surface area contributed by atoms with Crippen molar-refractivity contribution in [3.05, 3.63) is 60.2 Å². The molecule has 3 N–H and O–H groups in total. The summed E-state index contributed by atoms with van der Waals surface area (Å²) in [5.74, 6) is 0.262. The van der Waals surface area contributed by atoms with Crippen LogP contribution in [0.4, 0.5) is 0 Å². The molecule has 2 aromatic carbocycles. The van der Waals surface area contributed by atoms with Crippen LogP contribution >= 0.6 is 0 Å². The fourth-order valence-electron chi connectivity index (χ4n) is 2.86. The molecule has 6 heteroatoms. The zero-order valence-electron chi connectivity index (χ0n) is 14.9. The Morgan fingerprint density at radius 3 is 2.48 bits per heavy atom. The fourth-order valence-corrected chi connectivity index (χ4v) is 2.86. The van der Waals surface area contributed by atoms with Gasteiger partial charge in [0.1, 0.15) is 11.3 Å². The van der Waals surface area contributed by atoms with Crippen molar-refractivity contribution in [2.24, 2.45) is 0 Å². The molecule has 0 atom stereocenters. The van der Waals surface area contributed by atoms with Crippen molar-refractivity contribution in [1.82, 2.24) is 10.8 Å². The molecule has 0 aliphatic rings. The van der Waals surface area contributed by atoms with Crippen LogP contribution in [0.2, 0.25) is 0 Å². The predicted octanol–water partition coefficient (Wildman–Crippen LogP) is 3.90. The van der Waals surface area contributed by atoms with Crippen molar-refractivity contribution in [2.45, 2.75) is 25.7 Å². The van der Waals surface area contributed by atoms with Crippen LogP contribution in [0, 0.1) is 0 Å². The summed E-state index contributed by atoms with van der Waals surface area (Å²) in [6, 6.07) is 17.1. The van der Waals surface area contributed by atoms with Gasteiger partial charge < -0.3 is 9.73 Å². The Kier molecular flexibility index (Phi) is 6.22. The lowest BCUT2D eigenvalue weighted by molar-refractivity contribution is -0.129. The molecule has 0 bridgehead atoms. The van der Waals surface area contributed by atoms with Gasteiger partial charge in [-0.3, -0.25) is 14.8 Å². The maximum Gasteiger partial charge on any atom is 0.251 e. The van der Waals surface area contributed by atoms with Crippen LogP contribution in [0.1, 0.15) is 36.0 Å². The summed E-state index contributed by atoms with van der Waals surface area (Å²) in [7, 11) is 0. The van der Waals surface area contributed by atoms with Crippen molar-refractivity contribution < 1.29 is 19.2 Å². The van der Waals surface area contributed by atoms with E-state index in [0.29, 0.717) is 18.5 Å². The summed E-state index contributed by atoms with van der Waals surface area (Å²) in [6.07, 6.45) is 2.54. The van der Waals surface area contributed by atoms with Crippen molar-refractivity contribution in [3.63, 3.8) is 0 Å². The van der Waals surface area contributed by atoms with Gasteiger partial charge in [0, 0.05) is 29.5 Å². The average molecular weight is 366 g/mol. The van der Waals surface area contributed by atoms with Crippen LogP contribution in [-0.2, 0) is 4.79 Å². The molecule has 6 nitrogen and oxygen atoms in total. The monoisotopic (exact) mass is 366 g/mol. The number of nitrogens with one attached hydrogen (secondary N) is 2. The minimum Gasteiger partial charge on any atom is -0.456 e. The number of amides is 2. The Morgan fingerprint density at radius 1 is 0.963 bits per heavy atom. The van der Waals surface area contributed by atoms with Gasteiger partial charge in [0.25, 0.3) is 5.91 Å². The van der Waals surface area contributed by atoms with Gasteiger partial charge in [0.2, 0.25) is 5.91 Å². The molecule has 0 fully saturated rings. The summed E-state index contributed by atoms with van der Waals surface area (Å²) in [5.41, 5.74) is 3.96. The van der Waals surface area contributed by atoms with Gasteiger partial charge >= 0.3 is 0 Å². The number of para-hydroxylation sites is 1. The van der Waals surface area contributed by atoms with Crippen LogP contribution in [0.5, 0.6) is 0 Å². The van der Waals surface area contributed by atoms with Crippen LogP contribution in [0.3, 0.4) is 0 Å². The van der Waals surface area contributed by atoms with Crippen molar-refractivity contribution in [2.75, 3.05) is 6.54 Å². The first-order valence-corrected chi connectivity index (χ1v) is 8.97. The SMILES string of the molecule is O=C(CCCCCNC(=O)c1ccc(-c2cc3ccccc3o2)cc1)NO. The van der Waals surface area contributed by atoms with Crippen molar-refractivity contribution in [3.8, 4) is 11.3 Å². The van der Waals surface area contributed by atoms with E-state index in [4.69, 9.17) is 9.62 Å². The molecule has 3 rings (SSSR count). The van der Waals surface area contributed by atoms with Crippen LogP contribution in [0.25, 0.3) is 22.3 Å². The molecule has 0 saturated heterocycles. The topological polar surface area (TPSA) is 91.6 Å². The quantitative estimate of drug-likeness (QED) is 0.320. The van der Waals surface area contributed by atoms with E-state index in [1.54, 1.807) is 17.6 Å². The predicted molar refractivity (Wildman–Crippen MR) is 102 cm³/mol. The second kappa shape index (κ2) is 9.00. The molecular weight excluding hydrogens is 344 g/mol. The smallest absolute Gasteiger partial charge is 0.251 e. The molecule has 2 amide bonds. The molecule has 0 spiro atoms. The van der Waals surface area contributed by atoms with E-state index in [0.717, 1.165) is 35.1 Å². The van der Waals surface area contributed by atoms with Gasteiger partial charge in [-0.15, -0.1) is 0 Å². The molecule has 3 aromatic rings. The first kappa shape index (κ1) is 18.7. The second-order valence-electron chi connectivity index (χ2n) is 6.33. The normalized spacial score (nSPS) is 10.7. The maximum absolute atomic E-state index is 12.2. The average Bonchev–Trinajstić information content (AvgIpc) is 3.14. The number of carbonyl (C=O) groups excluding carboxylic acids is 2. The Balaban J connectivity index is 1.49. The highest BCUT2D eigenvalue weighted by molar-refractivity contribution is 5.94. The maximum atomic E-state index is 12.2. The Bertz CT molecular complexity index is 882. The number of unbranched alkanes of at least 4 members (excludes halogenated alkanes) is 2. The van der Waals surface area contributed by atoms with Gasteiger partial charge in [-0.05, 0) is 37.1 Å². The summed E-state index contributed by atoms with van der Waals surface area (Å²) < 4.78 is 5.84. The number of rotatable bonds is 8. The van der Waals surface area contributed by atoms with E-state index in [2.05, 4.69) is 5.32 Å². The van der Waals surface area contributed by atoms with E-state index in [1.807, 2.05) is 42.5 Å². The van der Waals surface area contributed by atoms with E-state index in [-0.39, 0.29) is 18.2 Å². The summed E-state index contributed by atoms with van der Waals surface area (Å²) in [4.78, 5) is 23.1. The van der Waals surface area contributed by atoms with Gasteiger partial charge in [-0.2, -0.15) is 0 Å². The Hall–Kier alpha value is -3.12. The fraction of sp³-hybridized carbons (Fsp3) is 0.238. The van der Waals surface area contributed by atoms with Gasteiger partial charge in [0.15, 0.2) is 0 Å². The van der Waals surface area contributed by atoms with Crippen LogP contribution in [0.15, 0.2) is 59.0 Å². The summed E-state index contributed by atoms with van der Waals surface area (Å²) in [5, 5.41) is 12.3. The lowest BCUT2D eigenvalue weighted by Crippen LogP contribution is -2.24. The van der Waals surface area contributed by atoms with Gasteiger partial charge in [-0.1, -0.05) is 36.8 Å². The number of hydrogen-bond donors (Lipinski definition) is 3. The molecule has 1 aromatic heterocycles. The minimum absolute atomic E-state index is 0.126. The third kappa shape index (κ3) is 4.95. The zero-order valence-corrected chi connectivity index (χ0v) is 14.9. The molecular formula is C21H22N2O4. The highest BCUT2D eigenvalue weighted by Crippen LogP contribution is 2.27. The highest BCUT2D eigenvalue weighted by atomic mass is 16.5. The third-order valence-electron chi connectivity index (χ3n) is 4.35. The highest BCUT2D eigenvalue weighted by Gasteiger charge is 2.08. The van der Waals surface area contributed by atoms with Crippen molar-refractivity contribution in [1.29, 1.82) is 0 Å². The molecule has 0 aliphatic heterocycles. The zero-order chi connectivity index (χ0) is 19.1. The first-order valence-electron chi connectivity index (χ1n) is 8.97. The van der Waals surface area contributed by atoms with E-state index < -0.39 is 0 Å². The van der Waals surface area contributed by atoms with Crippen LogP contribution in [-0.4, -0.2) is 23.6 Å². The van der Waals surface area contributed by atoms with E-state index >= 15 is 0 Å². The Morgan fingerprint density at radius 2 is 1.74 bits per heavy atom. The summed E-state index contributed by atoms with van der Waals surface area (Å²) >= 11 is 0. The second-order valence-corrected chi connectivity index (χ2v) is 6.33. The molecule has 1 heterocycles. The molecule has 27 heavy (non-hydrogen) atoms. The molecule has 0 unspecified atom stereocenters. The standard InChI is InChI=1S/C21H22N2O4/c24-20(23-26)8-2-1-5-13-22-21(25)16-11-9-15(10-12-16)19-14-17-6-3-4-7-18(17)27-19/h3-4,6-7,9-12,14,26H,1-2,5,8,13H2,(H,22,25)(H,23,24). The first-order chi connectivity index (χ1) is 13.2. The lowest BCUT2D eigenvalue weighted by atomic mass is 10.1. The minimum atomic E-state index is -0.386. The van der Waals surface area contributed by atoms with E-state index in [9.17, 15) is 9.59 Å². The van der Waals surface area contributed by atoms with E-state index in [1.165, 1.54) is 0 Å². The number of hydroxylamine groups is 1. The molecule has 140 valence electrons. The van der Waals surface area contributed by atoms with Crippen molar-refractivity contribution >= 4 is 22.8 Å². The molecule has 0 aliphatic carbocycles. The largest absolute Gasteiger partial charge is 0.456 e. The van der Waals surface area contributed by atoms with Gasteiger partial charge in [0.05, 0.1) is 0 Å². The number of benzene rings is 2. The lowest BCUT2D eigenvalue weighted by Gasteiger charge is -2.06. The molecule has 0 radical (unpaired) electrons. The molecule has 0 saturated carbocycles. The Labute approximate surface area is 157 Å².